The first kappa shape index (κ1) is 14.3. The lowest BCUT2D eigenvalue weighted by Crippen LogP contribution is -2.59. The Morgan fingerprint density at radius 3 is 2.62 bits per heavy atom. The van der Waals surface area contributed by atoms with Crippen molar-refractivity contribution >= 4 is 11.8 Å². The molecule has 0 aliphatic carbocycles. The summed E-state index contributed by atoms with van der Waals surface area (Å²) in [5.41, 5.74) is 0. The molecule has 1 N–H and O–H groups in total. The Hall–Kier alpha value is 0.270. The first-order valence-electron chi connectivity index (χ1n) is 6.54. The topological polar surface area (TPSA) is 15.3 Å². The summed E-state index contributed by atoms with van der Waals surface area (Å²) < 4.78 is 0. The molecule has 2 nitrogen and oxygen atoms in total. The van der Waals surface area contributed by atoms with E-state index in [2.05, 4.69) is 44.2 Å². The Kier molecular flexibility index (Phi) is 6.16. The lowest BCUT2D eigenvalue weighted by molar-refractivity contribution is 0.0841. The summed E-state index contributed by atoms with van der Waals surface area (Å²) in [6.07, 6.45) is 3.52. The SMILES string of the molecule is CSCCC(C)N1CC(C(C)C)NCC1C. The van der Waals surface area contributed by atoms with Gasteiger partial charge in [-0.15, -0.1) is 0 Å². The van der Waals surface area contributed by atoms with Gasteiger partial charge in [0.15, 0.2) is 0 Å². The maximum atomic E-state index is 3.66. The van der Waals surface area contributed by atoms with Gasteiger partial charge in [0.1, 0.15) is 0 Å². The van der Waals surface area contributed by atoms with Gasteiger partial charge >= 0.3 is 0 Å². The summed E-state index contributed by atoms with van der Waals surface area (Å²) in [7, 11) is 0. The standard InChI is InChI=1S/C13H28N2S/c1-10(2)13-9-15(12(4)8-14-13)11(3)6-7-16-5/h10-14H,6-9H2,1-5H3. The number of rotatable bonds is 5. The summed E-state index contributed by atoms with van der Waals surface area (Å²) in [6.45, 7) is 11.7. The first-order chi connectivity index (χ1) is 7.56. The molecule has 1 aliphatic rings. The monoisotopic (exact) mass is 244 g/mol. The van der Waals surface area contributed by atoms with Crippen molar-refractivity contribution in [3.63, 3.8) is 0 Å². The molecule has 3 atom stereocenters. The van der Waals surface area contributed by atoms with Gasteiger partial charge in [-0.05, 0) is 38.2 Å². The third kappa shape index (κ3) is 3.94. The van der Waals surface area contributed by atoms with Crippen LogP contribution in [0.15, 0.2) is 0 Å². The smallest absolute Gasteiger partial charge is 0.0218 e. The molecule has 96 valence electrons. The van der Waals surface area contributed by atoms with Gasteiger partial charge in [-0.25, -0.2) is 0 Å². The van der Waals surface area contributed by atoms with E-state index in [1.165, 1.54) is 18.7 Å². The van der Waals surface area contributed by atoms with E-state index in [0.29, 0.717) is 12.1 Å². The number of hydrogen-bond acceptors (Lipinski definition) is 3. The van der Waals surface area contributed by atoms with Crippen molar-refractivity contribution < 1.29 is 0 Å². The van der Waals surface area contributed by atoms with Crippen LogP contribution in [-0.4, -0.2) is 48.1 Å². The van der Waals surface area contributed by atoms with E-state index in [1.807, 2.05) is 11.8 Å². The van der Waals surface area contributed by atoms with Crippen LogP contribution in [0.1, 0.15) is 34.1 Å². The van der Waals surface area contributed by atoms with Gasteiger partial charge in [0.05, 0.1) is 0 Å². The molecule has 1 rings (SSSR count). The quantitative estimate of drug-likeness (QED) is 0.800. The molecular weight excluding hydrogens is 216 g/mol. The highest BCUT2D eigenvalue weighted by Gasteiger charge is 2.29. The number of piperazine rings is 1. The minimum absolute atomic E-state index is 0.674. The fraction of sp³-hybridized carbons (Fsp3) is 1.00. The highest BCUT2D eigenvalue weighted by atomic mass is 32.2. The van der Waals surface area contributed by atoms with Crippen LogP contribution in [0.5, 0.6) is 0 Å². The molecule has 0 bridgehead atoms. The predicted molar refractivity (Wildman–Crippen MR) is 75.3 cm³/mol. The summed E-state index contributed by atoms with van der Waals surface area (Å²) >= 11 is 1.96. The van der Waals surface area contributed by atoms with Crippen LogP contribution in [0.25, 0.3) is 0 Å². The van der Waals surface area contributed by atoms with Crippen molar-refractivity contribution in [2.45, 2.75) is 52.2 Å². The Morgan fingerprint density at radius 2 is 2.06 bits per heavy atom. The molecule has 0 aromatic carbocycles. The minimum atomic E-state index is 0.674. The molecule has 0 spiro atoms. The van der Waals surface area contributed by atoms with Crippen LogP contribution in [-0.2, 0) is 0 Å². The highest BCUT2D eigenvalue weighted by molar-refractivity contribution is 7.98. The van der Waals surface area contributed by atoms with Gasteiger partial charge in [-0.2, -0.15) is 11.8 Å². The Morgan fingerprint density at radius 1 is 1.38 bits per heavy atom. The fourth-order valence-electron chi connectivity index (χ4n) is 2.43. The van der Waals surface area contributed by atoms with Gasteiger partial charge in [-0.1, -0.05) is 13.8 Å². The van der Waals surface area contributed by atoms with E-state index in [0.717, 1.165) is 18.5 Å². The van der Waals surface area contributed by atoms with Crippen LogP contribution >= 0.6 is 11.8 Å². The van der Waals surface area contributed by atoms with Crippen molar-refractivity contribution in [2.75, 3.05) is 25.1 Å². The van der Waals surface area contributed by atoms with E-state index in [9.17, 15) is 0 Å². The van der Waals surface area contributed by atoms with Gasteiger partial charge in [0.2, 0.25) is 0 Å². The first-order valence-corrected chi connectivity index (χ1v) is 7.93. The Bertz CT molecular complexity index is 196. The highest BCUT2D eigenvalue weighted by Crippen LogP contribution is 2.18. The number of hydrogen-bond donors (Lipinski definition) is 1. The van der Waals surface area contributed by atoms with E-state index in [-0.39, 0.29) is 0 Å². The second kappa shape index (κ2) is 6.87. The minimum Gasteiger partial charge on any atom is -0.311 e. The van der Waals surface area contributed by atoms with Crippen LogP contribution < -0.4 is 5.32 Å². The van der Waals surface area contributed by atoms with Gasteiger partial charge in [0, 0.05) is 31.2 Å². The molecule has 0 aromatic rings. The lowest BCUT2D eigenvalue weighted by atomic mass is 9.98. The fourth-order valence-corrected chi connectivity index (χ4v) is 3.00. The van der Waals surface area contributed by atoms with E-state index < -0.39 is 0 Å². The second-order valence-corrected chi connectivity index (χ2v) is 6.42. The van der Waals surface area contributed by atoms with Crippen LogP contribution in [0, 0.1) is 5.92 Å². The molecule has 16 heavy (non-hydrogen) atoms. The molecule has 1 saturated heterocycles. The third-order valence-corrected chi connectivity index (χ3v) is 4.40. The summed E-state index contributed by atoms with van der Waals surface area (Å²) in [5, 5.41) is 3.66. The Labute approximate surface area is 106 Å². The largest absolute Gasteiger partial charge is 0.311 e. The molecule has 0 amide bonds. The number of nitrogens with one attached hydrogen (secondary N) is 1. The van der Waals surface area contributed by atoms with Gasteiger partial charge < -0.3 is 5.32 Å². The molecule has 0 saturated carbocycles. The number of nitrogens with zero attached hydrogens (tertiary/aromatic N) is 1. The zero-order chi connectivity index (χ0) is 12.1. The lowest BCUT2D eigenvalue weighted by Gasteiger charge is -2.43. The molecular formula is C13H28N2S. The maximum Gasteiger partial charge on any atom is 0.0218 e. The van der Waals surface area contributed by atoms with E-state index >= 15 is 0 Å². The van der Waals surface area contributed by atoms with Gasteiger partial charge in [-0.3, -0.25) is 4.90 Å². The van der Waals surface area contributed by atoms with Crippen molar-refractivity contribution in [3.8, 4) is 0 Å². The second-order valence-electron chi connectivity index (χ2n) is 5.44. The normalized spacial score (nSPS) is 29.6. The summed E-state index contributed by atoms with van der Waals surface area (Å²) in [4.78, 5) is 2.69. The maximum absolute atomic E-state index is 3.66. The third-order valence-electron chi connectivity index (χ3n) is 3.76. The average molecular weight is 244 g/mol. The molecule has 0 aromatic heterocycles. The Balaban J connectivity index is 2.48. The zero-order valence-corrected chi connectivity index (χ0v) is 12.3. The van der Waals surface area contributed by atoms with Crippen molar-refractivity contribution in [1.29, 1.82) is 0 Å². The molecule has 0 radical (unpaired) electrons. The summed E-state index contributed by atoms with van der Waals surface area (Å²) in [6, 6.07) is 2.09. The average Bonchev–Trinajstić information content (AvgIpc) is 2.26. The van der Waals surface area contributed by atoms with Crippen molar-refractivity contribution in [1.82, 2.24) is 10.2 Å². The van der Waals surface area contributed by atoms with Gasteiger partial charge in [0.25, 0.3) is 0 Å². The van der Waals surface area contributed by atoms with E-state index in [4.69, 9.17) is 0 Å². The number of thioether (sulfide) groups is 1. The van der Waals surface area contributed by atoms with Crippen LogP contribution in [0.4, 0.5) is 0 Å². The predicted octanol–water partition coefficient (Wildman–Crippen LogP) is 2.45. The van der Waals surface area contributed by atoms with Crippen molar-refractivity contribution in [2.24, 2.45) is 5.92 Å². The van der Waals surface area contributed by atoms with E-state index in [1.54, 1.807) is 0 Å². The molecule has 1 heterocycles. The zero-order valence-electron chi connectivity index (χ0n) is 11.5. The van der Waals surface area contributed by atoms with Crippen LogP contribution in [0.2, 0.25) is 0 Å². The molecule has 3 heteroatoms. The van der Waals surface area contributed by atoms with Crippen molar-refractivity contribution in [3.05, 3.63) is 0 Å². The summed E-state index contributed by atoms with van der Waals surface area (Å²) in [5.74, 6) is 2.02. The van der Waals surface area contributed by atoms with Crippen LogP contribution in [0.3, 0.4) is 0 Å². The molecule has 1 fully saturated rings. The molecule has 1 aliphatic heterocycles. The molecule has 3 unspecified atom stereocenters.